The molecule has 0 fully saturated rings. The minimum atomic E-state index is -1.45. The summed E-state index contributed by atoms with van der Waals surface area (Å²) in [4.78, 5) is 25.3. The highest BCUT2D eigenvalue weighted by atomic mass is 35.5. The molecule has 0 aromatic heterocycles. The van der Waals surface area contributed by atoms with Crippen molar-refractivity contribution in [2.24, 2.45) is 10.2 Å². The van der Waals surface area contributed by atoms with Gasteiger partial charge in [0.05, 0.1) is 32.1 Å². The number of rotatable bonds is 13. The van der Waals surface area contributed by atoms with Gasteiger partial charge in [0.2, 0.25) is 6.04 Å². The number of carbonyl (C=O) groups is 2. The zero-order valence-corrected chi connectivity index (χ0v) is 20.8. The number of nitrogens with zero attached hydrogens (tertiary/aromatic N) is 3. The number of Topliss-reactive ketones (excluding diaryl/α,β-unsaturated/α-hetero) is 1. The van der Waals surface area contributed by atoms with Crippen LogP contribution in [0.3, 0.4) is 0 Å². The normalized spacial score (nSPS) is 11.7. The second-order valence-electron chi connectivity index (χ2n) is 6.82. The Balaban J connectivity index is 2.35. The second kappa shape index (κ2) is 13.4. The zero-order chi connectivity index (χ0) is 25.1. The Morgan fingerprint density at radius 1 is 0.882 bits per heavy atom. The lowest BCUT2D eigenvalue weighted by Crippen LogP contribution is -2.36. The predicted molar refractivity (Wildman–Crippen MR) is 130 cm³/mol. The molecule has 1 atom stereocenters. The number of para-hydroxylation sites is 1. The standard InChI is InChI=1S/C24H30ClN3O6/c1-6-31-19-14-13-17(15-21(19)33-8-3)28(25)24(30)22(16(5)29)27-26-18-11-10-12-20(32-7-2)23(18)34-9-4/h10-15,22H,6-9H2,1-5H3. The summed E-state index contributed by atoms with van der Waals surface area (Å²) in [6, 6.07) is 8.45. The molecule has 34 heavy (non-hydrogen) atoms. The number of ketones is 1. The number of ether oxygens (including phenoxy) is 4. The number of azo groups is 1. The van der Waals surface area contributed by atoms with Crippen molar-refractivity contribution in [2.45, 2.75) is 40.7 Å². The van der Waals surface area contributed by atoms with Crippen molar-refractivity contribution >= 4 is 34.8 Å². The predicted octanol–water partition coefficient (Wildman–Crippen LogP) is 5.51. The van der Waals surface area contributed by atoms with Gasteiger partial charge in [-0.15, -0.1) is 0 Å². The van der Waals surface area contributed by atoms with Gasteiger partial charge in [-0.25, -0.2) is 4.42 Å². The molecule has 9 nitrogen and oxygen atoms in total. The molecule has 0 radical (unpaired) electrons. The largest absolute Gasteiger partial charge is 0.490 e. The van der Waals surface area contributed by atoms with Crippen LogP contribution in [0.1, 0.15) is 34.6 Å². The summed E-state index contributed by atoms with van der Waals surface area (Å²) in [6.07, 6.45) is 0. The average Bonchev–Trinajstić information content (AvgIpc) is 2.81. The van der Waals surface area contributed by atoms with Crippen molar-refractivity contribution in [3.8, 4) is 23.0 Å². The molecule has 0 aliphatic heterocycles. The van der Waals surface area contributed by atoms with Crippen molar-refractivity contribution in [1.29, 1.82) is 0 Å². The lowest BCUT2D eigenvalue weighted by molar-refractivity contribution is -0.126. The monoisotopic (exact) mass is 491 g/mol. The van der Waals surface area contributed by atoms with Crippen molar-refractivity contribution in [1.82, 2.24) is 0 Å². The van der Waals surface area contributed by atoms with Crippen LogP contribution in [-0.2, 0) is 9.59 Å². The van der Waals surface area contributed by atoms with E-state index in [0.717, 1.165) is 4.42 Å². The maximum absolute atomic E-state index is 13.1. The summed E-state index contributed by atoms with van der Waals surface area (Å²) in [5.74, 6) is 0.531. The Hall–Kier alpha value is -3.33. The van der Waals surface area contributed by atoms with Gasteiger partial charge in [-0.2, -0.15) is 10.2 Å². The molecular formula is C24H30ClN3O6. The maximum atomic E-state index is 13.1. The molecule has 0 saturated heterocycles. The summed E-state index contributed by atoms with van der Waals surface area (Å²) in [7, 11) is 0. The van der Waals surface area contributed by atoms with Crippen LogP contribution in [0.15, 0.2) is 46.6 Å². The molecule has 2 aromatic rings. The lowest BCUT2D eigenvalue weighted by atomic mass is 10.2. The number of carbonyl (C=O) groups excluding carboxylic acids is 2. The van der Waals surface area contributed by atoms with E-state index >= 15 is 0 Å². The third-order valence-corrected chi connectivity index (χ3v) is 4.76. The number of halogens is 1. The van der Waals surface area contributed by atoms with Crippen LogP contribution in [0.4, 0.5) is 11.4 Å². The molecule has 2 rings (SSSR count). The lowest BCUT2D eigenvalue weighted by Gasteiger charge is -2.19. The molecule has 184 valence electrons. The highest BCUT2D eigenvalue weighted by molar-refractivity contribution is 6.39. The fourth-order valence-electron chi connectivity index (χ4n) is 2.96. The van der Waals surface area contributed by atoms with Crippen molar-refractivity contribution in [3.05, 3.63) is 36.4 Å². The number of anilines is 1. The van der Waals surface area contributed by atoms with E-state index in [1.807, 2.05) is 27.7 Å². The molecule has 2 aromatic carbocycles. The van der Waals surface area contributed by atoms with E-state index in [2.05, 4.69) is 10.2 Å². The number of benzene rings is 2. The van der Waals surface area contributed by atoms with E-state index in [0.29, 0.717) is 60.8 Å². The third kappa shape index (κ3) is 6.84. The van der Waals surface area contributed by atoms with Crippen LogP contribution in [0.2, 0.25) is 0 Å². The van der Waals surface area contributed by atoms with E-state index < -0.39 is 17.7 Å². The third-order valence-electron chi connectivity index (χ3n) is 4.39. The number of hydrogen-bond acceptors (Lipinski definition) is 8. The van der Waals surface area contributed by atoms with Gasteiger partial charge in [0.15, 0.2) is 28.8 Å². The van der Waals surface area contributed by atoms with E-state index in [1.54, 1.807) is 36.4 Å². The summed E-state index contributed by atoms with van der Waals surface area (Å²) in [5, 5.41) is 8.12. The van der Waals surface area contributed by atoms with Crippen LogP contribution in [0, 0.1) is 0 Å². The highest BCUT2D eigenvalue weighted by Crippen LogP contribution is 2.38. The molecular weight excluding hydrogens is 462 g/mol. The second-order valence-corrected chi connectivity index (χ2v) is 7.15. The first-order valence-electron chi connectivity index (χ1n) is 11.1. The van der Waals surface area contributed by atoms with Gasteiger partial charge in [-0.1, -0.05) is 6.07 Å². The Labute approximate surface area is 204 Å². The van der Waals surface area contributed by atoms with Crippen LogP contribution < -0.4 is 23.4 Å². The quantitative estimate of drug-likeness (QED) is 0.208. The van der Waals surface area contributed by atoms with Gasteiger partial charge in [-0.3, -0.25) is 9.59 Å². The Kier molecular flexibility index (Phi) is 10.6. The molecule has 0 heterocycles. The summed E-state index contributed by atoms with van der Waals surface area (Å²) in [6.45, 7) is 10.2. The summed E-state index contributed by atoms with van der Waals surface area (Å²) >= 11 is 6.32. The molecule has 0 saturated carbocycles. The van der Waals surface area contributed by atoms with E-state index in [1.165, 1.54) is 6.92 Å². The van der Waals surface area contributed by atoms with Gasteiger partial charge in [0, 0.05) is 17.8 Å². The van der Waals surface area contributed by atoms with Gasteiger partial charge < -0.3 is 18.9 Å². The number of hydrogen-bond donors (Lipinski definition) is 0. The summed E-state index contributed by atoms with van der Waals surface area (Å²) in [5.41, 5.74) is 0.626. The van der Waals surface area contributed by atoms with Gasteiger partial charge in [0.1, 0.15) is 5.69 Å². The van der Waals surface area contributed by atoms with E-state index in [9.17, 15) is 9.59 Å². The molecule has 0 N–H and O–H groups in total. The number of amides is 1. The Bertz CT molecular complexity index is 1010. The first-order valence-corrected chi connectivity index (χ1v) is 11.4. The summed E-state index contributed by atoms with van der Waals surface area (Å²) < 4.78 is 23.2. The topological polar surface area (TPSA) is 99.0 Å². The highest BCUT2D eigenvalue weighted by Gasteiger charge is 2.29. The molecule has 0 spiro atoms. The molecule has 10 heteroatoms. The SMILES string of the molecule is CCOc1ccc(N(Cl)C(=O)C(N=Nc2cccc(OCC)c2OCC)C(C)=O)cc1OCC. The Morgan fingerprint density at radius 3 is 2.12 bits per heavy atom. The van der Waals surface area contributed by atoms with Crippen molar-refractivity contribution < 1.29 is 28.5 Å². The fraction of sp³-hybridized carbons (Fsp3) is 0.417. The van der Waals surface area contributed by atoms with Gasteiger partial charge >= 0.3 is 0 Å². The molecule has 1 unspecified atom stereocenters. The molecule has 0 aliphatic rings. The molecule has 0 aliphatic carbocycles. The van der Waals surface area contributed by atoms with E-state index in [4.69, 9.17) is 30.7 Å². The first kappa shape index (κ1) is 26.9. The average molecular weight is 492 g/mol. The zero-order valence-electron chi connectivity index (χ0n) is 20.0. The maximum Gasteiger partial charge on any atom is 0.276 e. The van der Waals surface area contributed by atoms with Crippen LogP contribution in [-0.4, -0.2) is 44.2 Å². The Morgan fingerprint density at radius 2 is 1.50 bits per heavy atom. The fourth-order valence-corrected chi connectivity index (χ4v) is 3.16. The van der Waals surface area contributed by atoms with Crippen LogP contribution in [0.5, 0.6) is 23.0 Å². The van der Waals surface area contributed by atoms with Crippen LogP contribution in [0.25, 0.3) is 0 Å². The van der Waals surface area contributed by atoms with Crippen molar-refractivity contribution in [2.75, 3.05) is 30.8 Å². The van der Waals surface area contributed by atoms with Gasteiger partial charge in [0.25, 0.3) is 5.91 Å². The molecule has 0 bridgehead atoms. The molecule has 1 amide bonds. The minimum Gasteiger partial charge on any atom is -0.490 e. The van der Waals surface area contributed by atoms with E-state index in [-0.39, 0.29) is 0 Å². The van der Waals surface area contributed by atoms with Gasteiger partial charge in [-0.05, 0) is 58.9 Å². The van der Waals surface area contributed by atoms with Crippen molar-refractivity contribution in [3.63, 3.8) is 0 Å². The van der Waals surface area contributed by atoms with Crippen LogP contribution >= 0.6 is 11.8 Å². The first-order chi connectivity index (χ1) is 16.4. The minimum absolute atomic E-state index is 0.299. The smallest absolute Gasteiger partial charge is 0.276 e.